The van der Waals surface area contributed by atoms with Crippen LogP contribution in [0.15, 0.2) is 64.8 Å². The molecule has 0 aliphatic carbocycles. The minimum atomic E-state index is -0.391. The largest absolute Gasteiger partial charge is 0.345 e. The molecular formula is C25H26N6O2S. The van der Waals surface area contributed by atoms with Crippen LogP contribution in [0.4, 0.5) is 16.2 Å². The van der Waals surface area contributed by atoms with Gasteiger partial charge in [-0.25, -0.2) is 9.79 Å². The Kier molecular flexibility index (Phi) is 6.89. The van der Waals surface area contributed by atoms with Gasteiger partial charge >= 0.3 is 6.03 Å². The maximum Gasteiger partial charge on any atom is 0.323 e. The number of hydrogen-bond acceptors (Lipinski definition) is 6. The predicted octanol–water partition coefficient (Wildman–Crippen LogP) is 4.41. The minimum Gasteiger partial charge on any atom is -0.345 e. The summed E-state index contributed by atoms with van der Waals surface area (Å²) in [5.41, 5.74) is 4.01. The van der Waals surface area contributed by atoms with Crippen LogP contribution in [0.1, 0.15) is 30.5 Å². The maximum atomic E-state index is 13.1. The first-order valence-corrected chi connectivity index (χ1v) is 11.9. The Morgan fingerprint density at radius 1 is 1.15 bits per heavy atom. The van der Waals surface area contributed by atoms with Gasteiger partial charge in [-0.2, -0.15) is 5.26 Å². The molecule has 3 amide bonds. The predicted molar refractivity (Wildman–Crippen MR) is 136 cm³/mol. The third kappa shape index (κ3) is 4.92. The van der Waals surface area contributed by atoms with E-state index in [-0.39, 0.29) is 11.9 Å². The van der Waals surface area contributed by atoms with Gasteiger partial charge in [-0.15, -0.1) is 0 Å². The van der Waals surface area contributed by atoms with Crippen LogP contribution in [-0.2, 0) is 4.79 Å². The molecule has 1 fully saturated rings. The van der Waals surface area contributed by atoms with Crippen LogP contribution in [0.3, 0.4) is 0 Å². The summed E-state index contributed by atoms with van der Waals surface area (Å²) in [5.74, 6) is 0.932. The lowest BCUT2D eigenvalue weighted by Gasteiger charge is -2.41. The number of carbonyl (C=O) groups excluding carboxylic acids is 2. The number of thioether (sulfide) groups is 1. The van der Waals surface area contributed by atoms with E-state index >= 15 is 0 Å². The summed E-state index contributed by atoms with van der Waals surface area (Å²) in [5, 5.41) is 15.5. The van der Waals surface area contributed by atoms with Gasteiger partial charge in [0.1, 0.15) is 0 Å². The molecule has 0 saturated carbocycles. The Balaban J connectivity index is 1.60. The van der Waals surface area contributed by atoms with Crippen molar-refractivity contribution >= 4 is 40.2 Å². The molecule has 2 N–H and O–H groups in total. The van der Waals surface area contributed by atoms with Crippen LogP contribution in [0.2, 0.25) is 0 Å². The number of rotatable bonds is 4. The molecule has 2 heterocycles. The number of hydrogen-bond donors (Lipinski definition) is 2. The first-order chi connectivity index (χ1) is 16.4. The third-order valence-corrected chi connectivity index (χ3v) is 6.70. The molecule has 2 aliphatic heterocycles. The van der Waals surface area contributed by atoms with E-state index in [9.17, 15) is 9.59 Å². The molecular weight excluding hydrogens is 448 g/mol. The molecule has 2 aromatic rings. The van der Waals surface area contributed by atoms with E-state index in [1.165, 1.54) is 0 Å². The van der Waals surface area contributed by atoms with E-state index in [0.29, 0.717) is 22.5 Å². The van der Waals surface area contributed by atoms with Crippen molar-refractivity contribution in [2.75, 3.05) is 37.0 Å². The Bertz CT molecular complexity index is 1210. The zero-order valence-electron chi connectivity index (χ0n) is 19.3. The lowest BCUT2D eigenvalue weighted by molar-refractivity contribution is -0.125. The topological polar surface area (TPSA) is 101 Å². The van der Waals surface area contributed by atoms with Gasteiger partial charge in [-0.3, -0.25) is 4.79 Å². The van der Waals surface area contributed by atoms with E-state index < -0.39 is 6.03 Å². The second kappa shape index (κ2) is 10.0. The summed E-state index contributed by atoms with van der Waals surface area (Å²) in [7, 11) is 3.49. The fourth-order valence-electron chi connectivity index (χ4n) is 4.04. The molecule has 0 aromatic heterocycles. The number of urea groups is 1. The number of benzene rings is 2. The SMILES string of the molecule is CC1=C(C(=O)N(C)C)[C@@H](c2cccc(NC(=O)Nc3ccc(C#N)cc3)c2)N2CCCSC2=N1. The van der Waals surface area contributed by atoms with Crippen LogP contribution >= 0.6 is 11.8 Å². The van der Waals surface area contributed by atoms with Crippen molar-refractivity contribution in [2.45, 2.75) is 19.4 Å². The zero-order valence-corrected chi connectivity index (χ0v) is 20.1. The number of fused-ring (bicyclic) bond motifs is 1. The van der Waals surface area contributed by atoms with Gasteiger partial charge in [0.15, 0.2) is 5.17 Å². The van der Waals surface area contributed by atoms with Crippen molar-refractivity contribution in [2.24, 2.45) is 4.99 Å². The van der Waals surface area contributed by atoms with Crippen molar-refractivity contribution in [3.63, 3.8) is 0 Å². The van der Waals surface area contributed by atoms with Gasteiger partial charge in [-0.1, -0.05) is 23.9 Å². The fourth-order valence-corrected chi connectivity index (χ4v) is 5.06. The molecule has 2 aliphatic rings. The van der Waals surface area contributed by atoms with E-state index in [2.05, 4.69) is 21.6 Å². The molecule has 2 aromatic carbocycles. The van der Waals surface area contributed by atoms with Crippen molar-refractivity contribution in [1.82, 2.24) is 9.80 Å². The molecule has 0 bridgehead atoms. The van der Waals surface area contributed by atoms with Crippen molar-refractivity contribution in [1.29, 1.82) is 5.26 Å². The first-order valence-electron chi connectivity index (χ1n) is 11.0. The highest BCUT2D eigenvalue weighted by Gasteiger charge is 2.37. The van der Waals surface area contributed by atoms with Gasteiger partial charge in [0.25, 0.3) is 5.91 Å². The summed E-state index contributed by atoms with van der Waals surface area (Å²) in [6.45, 7) is 2.70. The third-order valence-electron chi connectivity index (χ3n) is 5.63. The summed E-state index contributed by atoms with van der Waals surface area (Å²) in [6, 6.07) is 15.6. The van der Waals surface area contributed by atoms with E-state index in [1.807, 2.05) is 31.2 Å². The van der Waals surface area contributed by atoms with Crippen LogP contribution in [0, 0.1) is 11.3 Å². The zero-order chi connectivity index (χ0) is 24.2. The van der Waals surface area contributed by atoms with E-state index in [1.54, 1.807) is 55.0 Å². The molecule has 8 nitrogen and oxygen atoms in total. The minimum absolute atomic E-state index is 0.0715. The van der Waals surface area contributed by atoms with Gasteiger partial charge in [0.2, 0.25) is 0 Å². The summed E-state index contributed by atoms with van der Waals surface area (Å²) in [4.78, 5) is 34.2. The highest BCUT2D eigenvalue weighted by molar-refractivity contribution is 8.13. The standard InChI is InChI=1S/C25H26N6O2S/c1-16-21(23(32)30(2)3)22(31-12-5-13-34-25(31)27-16)18-6-4-7-20(14-18)29-24(33)28-19-10-8-17(15-26)9-11-19/h4,6-11,14,22H,5,12-13H2,1-3H3,(H2,28,29,33)/t22-/m1/s1. The van der Waals surface area contributed by atoms with Crippen LogP contribution in [-0.4, -0.2) is 53.3 Å². The normalized spacial score (nSPS) is 17.3. The number of amidine groups is 1. The van der Waals surface area contributed by atoms with Crippen LogP contribution < -0.4 is 10.6 Å². The summed E-state index contributed by atoms with van der Waals surface area (Å²) >= 11 is 1.71. The maximum absolute atomic E-state index is 13.1. The number of carbonyl (C=O) groups is 2. The average molecular weight is 475 g/mol. The quantitative estimate of drug-likeness (QED) is 0.683. The number of anilines is 2. The Morgan fingerprint density at radius 2 is 1.88 bits per heavy atom. The number of nitrogens with zero attached hydrogens (tertiary/aromatic N) is 4. The van der Waals surface area contributed by atoms with Crippen molar-refractivity contribution < 1.29 is 9.59 Å². The highest BCUT2D eigenvalue weighted by Crippen LogP contribution is 2.40. The molecule has 34 heavy (non-hydrogen) atoms. The lowest BCUT2D eigenvalue weighted by atomic mass is 9.93. The number of allylic oxidation sites excluding steroid dienone is 1. The van der Waals surface area contributed by atoms with Gasteiger partial charge in [0.05, 0.1) is 28.9 Å². The molecule has 1 saturated heterocycles. The van der Waals surface area contributed by atoms with Crippen LogP contribution in [0.25, 0.3) is 0 Å². The lowest BCUT2D eigenvalue weighted by Crippen LogP contribution is -2.43. The van der Waals surface area contributed by atoms with E-state index in [0.717, 1.165) is 35.1 Å². The molecule has 0 spiro atoms. The number of amides is 3. The number of nitriles is 1. The number of nitrogens with one attached hydrogen (secondary N) is 2. The molecule has 0 radical (unpaired) electrons. The van der Waals surface area contributed by atoms with Crippen molar-refractivity contribution in [3.8, 4) is 6.07 Å². The second-order valence-corrected chi connectivity index (χ2v) is 9.35. The highest BCUT2D eigenvalue weighted by atomic mass is 32.2. The Hall–Kier alpha value is -3.77. The van der Waals surface area contributed by atoms with E-state index in [4.69, 9.17) is 10.3 Å². The van der Waals surface area contributed by atoms with Gasteiger partial charge in [-0.05, 0) is 55.3 Å². The molecule has 4 rings (SSSR count). The smallest absolute Gasteiger partial charge is 0.323 e. The molecule has 0 unspecified atom stereocenters. The molecule has 174 valence electrons. The molecule has 1 atom stereocenters. The molecule has 9 heteroatoms. The Morgan fingerprint density at radius 3 is 2.59 bits per heavy atom. The number of aliphatic imine (C=N–C) groups is 1. The van der Waals surface area contributed by atoms with Crippen LogP contribution in [0.5, 0.6) is 0 Å². The summed E-state index contributed by atoms with van der Waals surface area (Å²) < 4.78 is 0. The monoisotopic (exact) mass is 474 g/mol. The Labute approximate surface area is 203 Å². The van der Waals surface area contributed by atoms with Gasteiger partial charge < -0.3 is 20.4 Å². The van der Waals surface area contributed by atoms with Gasteiger partial charge in [0, 0.05) is 37.8 Å². The number of likely N-dealkylation sites (N-methyl/N-ethyl adjacent to an activating group) is 1. The average Bonchev–Trinajstić information content (AvgIpc) is 2.83. The first kappa shape index (κ1) is 23.4. The summed E-state index contributed by atoms with van der Waals surface area (Å²) in [6.07, 6.45) is 1.01. The fraction of sp³-hybridized carbons (Fsp3) is 0.280. The second-order valence-electron chi connectivity index (χ2n) is 8.28. The van der Waals surface area contributed by atoms with Crippen molar-refractivity contribution in [3.05, 3.63) is 70.9 Å².